The van der Waals surface area contributed by atoms with Crippen LogP contribution in [0.3, 0.4) is 0 Å². The summed E-state index contributed by atoms with van der Waals surface area (Å²) in [4.78, 5) is 25.1. The Morgan fingerprint density at radius 3 is 2.52 bits per heavy atom. The lowest BCUT2D eigenvalue weighted by molar-refractivity contribution is -0.117. The Morgan fingerprint density at radius 1 is 1.12 bits per heavy atom. The summed E-state index contributed by atoms with van der Waals surface area (Å²) in [5, 5.41) is 4.52. The molecule has 0 aliphatic heterocycles. The number of carbonyl (C=O) groups excluding carboxylic acids is 1. The van der Waals surface area contributed by atoms with Crippen molar-refractivity contribution >= 4 is 22.4 Å². The number of aromatic nitrogens is 1. The largest absolute Gasteiger partial charge is 0.326 e. The first-order valence-electron chi connectivity index (χ1n) is 9.50. The van der Waals surface area contributed by atoms with E-state index in [0.29, 0.717) is 17.7 Å². The Morgan fingerprint density at radius 2 is 1.84 bits per heavy atom. The van der Waals surface area contributed by atoms with Gasteiger partial charge in [-0.15, -0.1) is 0 Å². The van der Waals surface area contributed by atoms with Crippen LogP contribution in [0, 0.1) is 5.92 Å². The number of carbonyl (C=O) groups is 1. The highest BCUT2D eigenvalue weighted by molar-refractivity contribution is 6.01. The average molecular weight is 340 g/mol. The zero-order valence-corrected chi connectivity index (χ0v) is 15.3. The molecule has 4 heteroatoms. The summed E-state index contributed by atoms with van der Waals surface area (Å²) in [5.41, 5.74) is 0.733. The van der Waals surface area contributed by atoms with Crippen molar-refractivity contribution in [3.63, 3.8) is 0 Å². The number of benzene rings is 1. The summed E-state index contributed by atoms with van der Waals surface area (Å²) in [5.74, 6) is 0.558. The maximum absolute atomic E-state index is 12.6. The van der Waals surface area contributed by atoms with Crippen molar-refractivity contribution in [1.29, 1.82) is 0 Å². The van der Waals surface area contributed by atoms with Gasteiger partial charge in [0.25, 0.3) is 5.56 Å². The van der Waals surface area contributed by atoms with Crippen molar-refractivity contribution in [2.24, 2.45) is 5.92 Å². The van der Waals surface area contributed by atoms with Gasteiger partial charge in [0.2, 0.25) is 5.91 Å². The van der Waals surface area contributed by atoms with Crippen LogP contribution in [0.4, 0.5) is 5.69 Å². The molecule has 0 saturated heterocycles. The normalized spacial score (nSPS) is 16.1. The molecule has 0 radical (unpaired) electrons. The van der Waals surface area contributed by atoms with E-state index in [0.717, 1.165) is 23.9 Å². The second kappa shape index (κ2) is 7.85. The standard InChI is InChI=1S/C21H28N2O2/c1-15(2)23-13-12-17-18(21(23)25)10-7-11-19(17)22-20(24)14-16-8-5-3-4-6-9-16/h7,10-13,15-16H,3-6,8-9,14H2,1-2H3,(H,22,24). The van der Waals surface area contributed by atoms with Crippen LogP contribution in [0.15, 0.2) is 35.3 Å². The van der Waals surface area contributed by atoms with Gasteiger partial charge in [-0.3, -0.25) is 9.59 Å². The van der Waals surface area contributed by atoms with Gasteiger partial charge < -0.3 is 9.88 Å². The van der Waals surface area contributed by atoms with E-state index in [4.69, 9.17) is 0 Å². The number of rotatable bonds is 4. The molecule has 1 amide bonds. The van der Waals surface area contributed by atoms with Crippen LogP contribution >= 0.6 is 0 Å². The van der Waals surface area contributed by atoms with Crippen molar-refractivity contribution in [2.75, 3.05) is 5.32 Å². The third-order valence-electron chi connectivity index (χ3n) is 5.25. The van der Waals surface area contributed by atoms with Gasteiger partial charge in [-0.25, -0.2) is 0 Å². The van der Waals surface area contributed by atoms with E-state index in [1.807, 2.05) is 44.3 Å². The first-order chi connectivity index (χ1) is 12.1. The lowest BCUT2D eigenvalue weighted by Crippen LogP contribution is -2.22. The molecule has 1 saturated carbocycles. The Balaban J connectivity index is 1.80. The van der Waals surface area contributed by atoms with Gasteiger partial charge in [0, 0.05) is 35.1 Å². The molecule has 134 valence electrons. The van der Waals surface area contributed by atoms with Crippen LogP contribution in [-0.4, -0.2) is 10.5 Å². The van der Waals surface area contributed by atoms with Crippen LogP contribution in [0.2, 0.25) is 0 Å². The number of nitrogens with one attached hydrogen (secondary N) is 1. The molecule has 4 nitrogen and oxygen atoms in total. The molecule has 1 aromatic heterocycles. The van der Waals surface area contributed by atoms with Crippen molar-refractivity contribution in [2.45, 2.75) is 64.8 Å². The van der Waals surface area contributed by atoms with Crippen LogP contribution < -0.4 is 10.9 Å². The van der Waals surface area contributed by atoms with Crippen LogP contribution in [0.25, 0.3) is 10.8 Å². The number of hydrogen-bond acceptors (Lipinski definition) is 2. The summed E-state index contributed by atoms with van der Waals surface area (Å²) in [6.07, 6.45) is 9.77. The van der Waals surface area contributed by atoms with Gasteiger partial charge in [-0.2, -0.15) is 0 Å². The minimum absolute atomic E-state index is 0.00707. The number of anilines is 1. The highest BCUT2D eigenvalue weighted by Crippen LogP contribution is 2.27. The second-order valence-corrected chi connectivity index (χ2v) is 7.50. The Labute approximate surface area is 149 Å². The lowest BCUT2D eigenvalue weighted by atomic mass is 9.96. The SMILES string of the molecule is CC(C)n1ccc2c(NC(=O)CC3CCCCCC3)cccc2c1=O. The minimum Gasteiger partial charge on any atom is -0.326 e. The van der Waals surface area contributed by atoms with E-state index in [-0.39, 0.29) is 17.5 Å². The van der Waals surface area contributed by atoms with Crippen molar-refractivity contribution < 1.29 is 4.79 Å². The number of fused-ring (bicyclic) bond motifs is 1. The molecule has 1 aliphatic carbocycles. The molecule has 1 N–H and O–H groups in total. The molecule has 1 fully saturated rings. The molecule has 1 heterocycles. The van der Waals surface area contributed by atoms with E-state index >= 15 is 0 Å². The summed E-state index contributed by atoms with van der Waals surface area (Å²) < 4.78 is 1.72. The minimum atomic E-state index is -0.00707. The first kappa shape index (κ1) is 17.7. The molecule has 0 bridgehead atoms. The smallest absolute Gasteiger partial charge is 0.258 e. The average Bonchev–Trinajstić information content (AvgIpc) is 2.84. The van der Waals surface area contributed by atoms with E-state index in [2.05, 4.69) is 5.32 Å². The Hall–Kier alpha value is -2.10. The predicted molar refractivity (Wildman–Crippen MR) is 103 cm³/mol. The lowest BCUT2D eigenvalue weighted by Gasteiger charge is -2.15. The molecule has 3 rings (SSSR count). The zero-order chi connectivity index (χ0) is 17.8. The highest BCUT2D eigenvalue weighted by Gasteiger charge is 2.17. The third kappa shape index (κ3) is 4.12. The Kier molecular flexibility index (Phi) is 5.57. The van der Waals surface area contributed by atoms with E-state index in [1.54, 1.807) is 4.57 Å². The van der Waals surface area contributed by atoms with Gasteiger partial charge in [0.05, 0.1) is 0 Å². The molecule has 0 atom stereocenters. The zero-order valence-electron chi connectivity index (χ0n) is 15.3. The fourth-order valence-electron chi connectivity index (χ4n) is 3.84. The number of nitrogens with zero attached hydrogens (tertiary/aromatic N) is 1. The van der Waals surface area contributed by atoms with Crippen LogP contribution in [-0.2, 0) is 4.79 Å². The van der Waals surface area contributed by atoms with Crippen LogP contribution in [0.1, 0.15) is 64.8 Å². The van der Waals surface area contributed by atoms with Crippen LogP contribution in [0.5, 0.6) is 0 Å². The molecular weight excluding hydrogens is 312 g/mol. The van der Waals surface area contributed by atoms with Crippen molar-refractivity contribution in [1.82, 2.24) is 4.57 Å². The second-order valence-electron chi connectivity index (χ2n) is 7.50. The molecule has 2 aromatic rings. The Bertz CT molecular complexity index is 799. The summed E-state index contributed by atoms with van der Waals surface area (Å²) in [7, 11) is 0. The van der Waals surface area contributed by atoms with Gasteiger partial charge in [0.15, 0.2) is 0 Å². The summed E-state index contributed by atoms with van der Waals surface area (Å²) in [6.45, 7) is 3.98. The number of pyridine rings is 1. The van der Waals surface area contributed by atoms with Crippen molar-refractivity contribution in [3.8, 4) is 0 Å². The maximum Gasteiger partial charge on any atom is 0.258 e. The van der Waals surface area contributed by atoms with Gasteiger partial charge >= 0.3 is 0 Å². The highest BCUT2D eigenvalue weighted by atomic mass is 16.1. The predicted octanol–water partition coefficient (Wildman–Crippen LogP) is 4.88. The molecule has 0 spiro atoms. The molecule has 0 unspecified atom stereocenters. The van der Waals surface area contributed by atoms with E-state index in [1.165, 1.54) is 25.7 Å². The summed E-state index contributed by atoms with van der Waals surface area (Å²) in [6, 6.07) is 7.60. The first-order valence-corrected chi connectivity index (χ1v) is 9.50. The van der Waals surface area contributed by atoms with Crippen molar-refractivity contribution in [3.05, 3.63) is 40.8 Å². The molecule has 25 heavy (non-hydrogen) atoms. The number of amides is 1. The maximum atomic E-state index is 12.6. The van der Waals surface area contributed by atoms with E-state index in [9.17, 15) is 9.59 Å². The topological polar surface area (TPSA) is 51.1 Å². The van der Waals surface area contributed by atoms with E-state index < -0.39 is 0 Å². The number of hydrogen-bond donors (Lipinski definition) is 1. The van der Waals surface area contributed by atoms with Gasteiger partial charge in [-0.05, 0) is 50.8 Å². The fraction of sp³-hybridized carbons (Fsp3) is 0.524. The molecule has 1 aliphatic rings. The fourth-order valence-corrected chi connectivity index (χ4v) is 3.84. The monoisotopic (exact) mass is 340 g/mol. The molecular formula is C21H28N2O2. The summed E-state index contributed by atoms with van der Waals surface area (Å²) >= 11 is 0. The molecule has 1 aromatic carbocycles. The van der Waals surface area contributed by atoms with Gasteiger partial charge in [0.1, 0.15) is 0 Å². The quantitative estimate of drug-likeness (QED) is 0.806. The van der Waals surface area contributed by atoms with Gasteiger partial charge in [-0.1, -0.05) is 31.7 Å². The third-order valence-corrected chi connectivity index (χ3v) is 5.25.